The van der Waals surface area contributed by atoms with Crippen molar-refractivity contribution in [2.24, 2.45) is 7.05 Å². The van der Waals surface area contributed by atoms with Crippen molar-refractivity contribution < 1.29 is 0 Å². The molecular weight excluding hydrogens is 356 g/mol. The summed E-state index contributed by atoms with van der Waals surface area (Å²) < 4.78 is 1.99. The molecule has 2 heterocycles. The molecule has 1 aliphatic rings. The van der Waals surface area contributed by atoms with Crippen molar-refractivity contribution in [3.63, 3.8) is 0 Å². The van der Waals surface area contributed by atoms with Crippen LogP contribution in [0.15, 0.2) is 36.5 Å². The first-order valence-corrected chi connectivity index (χ1v) is 10.4. The summed E-state index contributed by atoms with van der Waals surface area (Å²) in [6.07, 6.45) is 6.83. The number of hydrogen-bond donors (Lipinski definition) is 1. The zero-order valence-electron chi connectivity index (χ0n) is 16.8. The molecule has 5 heteroatoms. The van der Waals surface area contributed by atoms with Gasteiger partial charge in [-0.2, -0.15) is 5.10 Å². The number of rotatable bonds is 6. The maximum atomic E-state index is 6.68. The van der Waals surface area contributed by atoms with E-state index in [0.717, 1.165) is 47.9 Å². The average molecular weight is 387 g/mol. The highest BCUT2D eigenvalue weighted by molar-refractivity contribution is 6.31. The fourth-order valence-corrected chi connectivity index (χ4v) is 4.26. The van der Waals surface area contributed by atoms with E-state index in [1.807, 2.05) is 30.8 Å². The summed E-state index contributed by atoms with van der Waals surface area (Å²) in [5, 5.41) is 8.84. The minimum Gasteiger partial charge on any atom is -0.359 e. The standard InChI is InChI=1S/C22H31ClN4/c1-5-9-16(2)24-18-11-12-20(23)19(15-18)21-10-7-6-8-13-27(21)22-14-17(3)25-26(22)4/h11-12,14-15,21,24H,2,5-10,13H2,1,3-4H3. The molecule has 0 spiro atoms. The van der Waals surface area contributed by atoms with Gasteiger partial charge in [-0.3, -0.25) is 4.68 Å². The highest BCUT2D eigenvalue weighted by atomic mass is 35.5. The maximum absolute atomic E-state index is 6.68. The quantitative estimate of drug-likeness (QED) is 0.638. The molecule has 3 rings (SSSR count). The Labute approximate surface area is 168 Å². The van der Waals surface area contributed by atoms with Crippen molar-refractivity contribution in [1.29, 1.82) is 0 Å². The topological polar surface area (TPSA) is 33.1 Å². The molecule has 1 atom stereocenters. The fourth-order valence-electron chi connectivity index (χ4n) is 4.02. The molecule has 1 aliphatic heterocycles. The number of benzene rings is 1. The lowest BCUT2D eigenvalue weighted by Gasteiger charge is -2.33. The van der Waals surface area contributed by atoms with Gasteiger partial charge in [0.2, 0.25) is 0 Å². The van der Waals surface area contributed by atoms with Gasteiger partial charge < -0.3 is 10.2 Å². The van der Waals surface area contributed by atoms with Crippen LogP contribution in [-0.2, 0) is 7.05 Å². The second-order valence-corrected chi connectivity index (χ2v) is 7.95. The van der Waals surface area contributed by atoms with Crippen LogP contribution in [0.5, 0.6) is 0 Å². The Hall–Kier alpha value is -1.94. The predicted octanol–water partition coefficient (Wildman–Crippen LogP) is 6.23. The van der Waals surface area contributed by atoms with Crippen LogP contribution >= 0.6 is 11.6 Å². The van der Waals surface area contributed by atoms with E-state index in [4.69, 9.17) is 11.6 Å². The number of halogens is 1. The van der Waals surface area contributed by atoms with Gasteiger partial charge in [0.15, 0.2) is 0 Å². The van der Waals surface area contributed by atoms with Crippen molar-refractivity contribution >= 4 is 23.1 Å². The van der Waals surface area contributed by atoms with Crippen LogP contribution in [0.4, 0.5) is 11.5 Å². The molecule has 0 radical (unpaired) electrons. The Morgan fingerprint density at radius 2 is 2.11 bits per heavy atom. The van der Waals surface area contributed by atoms with Gasteiger partial charge in [-0.25, -0.2) is 0 Å². The summed E-state index contributed by atoms with van der Waals surface area (Å²) in [6.45, 7) is 9.37. The number of nitrogens with zero attached hydrogens (tertiary/aromatic N) is 3. The lowest BCUT2D eigenvalue weighted by Crippen LogP contribution is -2.30. The van der Waals surface area contributed by atoms with Crippen molar-refractivity contribution in [2.45, 2.75) is 58.4 Å². The second kappa shape index (κ2) is 8.83. The predicted molar refractivity (Wildman–Crippen MR) is 116 cm³/mol. The molecule has 27 heavy (non-hydrogen) atoms. The number of hydrogen-bond acceptors (Lipinski definition) is 3. The van der Waals surface area contributed by atoms with Gasteiger partial charge in [-0.05, 0) is 49.9 Å². The highest BCUT2D eigenvalue weighted by Gasteiger charge is 2.27. The average Bonchev–Trinajstić information content (AvgIpc) is 2.82. The minimum atomic E-state index is 0.260. The third-order valence-electron chi connectivity index (χ3n) is 5.25. The van der Waals surface area contributed by atoms with Crippen molar-refractivity contribution in [2.75, 3.05) is 16.8 Å². The van der Waals surface area contributed by atoms with E-state index < -0.39 is 0 Å². The van der Waals surface area contributed by atoms with Crippen LogP contribution < -0.4 is 10.2 Å². The van der Waals surface area contributed by atoms with Gasteiger partial charge in [-0.1, -0.05) is 44.4 Å². The summed E-state index contributed by atoms with van der Waals surface area (Å²) in [7, 11) is 2.03. The first-order valence-electron chi connectivity index (χ1n) is 10.0. The normalized spacial score (nSPS) is 17.6. The number of aryl methyl sites for hydroxylation is 2. The minimum absolute atomic E-state index is 0.260. The molecule has 0 amide bonds. The molecule has 1 N–H and O–H groups in total. The van der Waals surface area contributed by atoms with Gasteiger partial charge in [0.25, 0.3) is 0 Å². The van der Waals surface area contributed by atoms with E-state index in [1.54, 1.807) is 0 Å². The van der Waals surface area contributed by atoms with Gasteiger partial charge in [0.05, 0.1) is 11.7 Å². The Morgan fingerprint density at radius 1 is 1.30 bits per heavy atom. The molecule has 1 fully saturated rings. The molecule has 2 aromatic rings. The molecule has 1 unspecified atom stereocenters. The second-order valence-electron chi connectivity index (χ2n) is 7.54. The summed E-state index contributed by atoms with van der Waals surface area (Å²) in [5.74, 6) is 1.17. The molecule has 4 nitrogen and oxygen atoms in total. The Morgan fingerprint density at radius 3 is 2.81 bits per heavy atom. The van der Waals surface area contributed by atoms with Gasteiger partial charge in [-0.15, -0.1) is 0 Å². The van der Waals surface area contributed by atoms with Gasteiger partial charge in [0.1, 0.15) is 5.82 Å². The Kier molecular flexibility index (Phi) is 6.48. The molecule has 1 saturated heterocycles. The zero-order valence-corrected chi connectivity index (χ0v) is 17.5. The maximum Gasteiger partial charge on any atom is 0.127 e. The van der Waals surface area contributed by atoms with E-state index in [-0.39, 0.29) is 6.04 Å². The zero-order chi connectivity index (χ0) is 19.4. The van der Waals surface area contributed by atoms with E-state index in [1.165, 1.54) is 30.6 Å². The van der Waals surface area contributed by atoms with E-state index >= 15 is 0 Å². The molecule has 0 bridgehead atoms. The molecule has 0 saturated carbocycles. The summed E-state index contributed by atoms with van der Waals surface area (Å²) in [6, 6.07) is 8.70. The van der Waals surface area contributed by atoms with Crippen LogP contribution in [0.25, 0.3) is 0 Å². The summed E-state index contributed by atoms with van der Waals surface area (Å²) in [4.78, 5) is 2.48. The summed E-state index contributed by atoms with van der Waals surface area (Å²) in [5.41, 5.74) is 4.35. The van der Waals surface area contributed by atoms with Crippen LogP contribution in [0.1, 0.15) is 62.7 Å². The molecule has 1 aromatic carbocycles. The number of aromatic nitrogens is 2. The largest absolute Gasteiger partial charge is 0.359 e. The highest BCUT2D eigenvalue weighted by Crippen LogP contribution is 2.38. The van der Waals surface area contributed by atoms with E-state index in [0.29, 0.717) is 0 Å². The van der Waals surface area contributed by atoms with E-state index in [9.17, 15) is 0 Å². The van der Waals surface area contributed by atoms with Gasteiger partial charge in [0, 0.05) is 36.1 Å². The van der Waals surface area contributed by atoms with Crippen molar-refractivity contribution in [3.05, 3.63) is 52.8 Å². The third kappa shape index (κ3) is 4.67. The molecule has 1 aromatic heterocycles. The molecule has 0 aliphatic carbocycles. The number of nitrogens with one attached hydrogen (secondary N) is 1. The first-order chi connectivity index (χ1) is 13.0. The monoisotopic (exact) mass is 386 g/mol. The fraction of sp³-hybridized carbons (Fsp3) is 0.500. The van der Waals surface area contributed by atoms with Gasteiger partial charge >= 0.3 is 0 Å². The molecule has 146 valence electrons. The summed E-state index contributed by atoms with van der Waals surface area (Å²) >= 11 is 6.68. The lowest BCUT2D eigenvalue weighted by atomic mass is 9.99. The Bertz CT molecular complexity index is 796. The first kappa shape index (κ1) is 19.8. The molecular formula is C22H31ClN4. The van der Waals surface area contributed by atoms with Crippen LogP contribution in [0.3, 0.4) is 0 Å². The van der Waals surface area contributed by atoms with Crippen molar-refractivity contribution in [3.8, 4) is 0 Å². The SMILES string of the molecule is C=C(CCC)Nc1ccc(Cl)c(C2CCCCCN2c2cc(C)nn2C)c1. The van der Waals surface area contributed by atoms with Crippen LogP contribution in [0.2, 0.25) is 5.02 Å². The van der Waals surface area contributed by atoms with Crippen LogP contribution in [0, 0.1) is 6.92 Å². The number of anilines is 2. The lowest BCUT2D eigenvalue weighted by molar-refractivity contribution is 0.581. The van der Waals surface area contributed by atoms with E-state index in [2.05, 4.69) is 41.0 Å². The van der Waals surface area contributed by atoms with Crippen molar-refractivity contribution in [1.82, 2.24) is 9.78 Å². The smallest absolute Gasteiger partial charge is 0.127 e. The Balaban J connectivity index is 1.95. The third-order valence-corrected chi connectivity index (χ3v) is 5.60. The van der Waals surface area contributed by atoms with Crippen LogP contribution in [-0.4, -0.2) is 16.3 Å². The number of allylic oxidation sites excluding steroid dienone is 1.